The van der Waals surface area contributed by atoms with Crippen LogP contribution in [0.5, 0.6) is 0 Å². The van der Waals surface area contributed by atoms with Crippen molar-refractivity contribution in [3.05, 3.63) is 23.4 Å². The van der Waals surface area contributed by atoms with Crippen LogP contribution < -0.4 is 4.90 Å². The van der Waals surface area contributed by atoms with Crippen molar-refractivity contribution in [3.63, 3.8) is 0 Å². The molecular weight excluding hydrogens is 256 g/mol. The summed E-state index contributed by atoms with van der Waals surface area (Å²) in [5.41, 5.74) is 1.08. The molecule has 5 heteroatoms. The zero-order valence-corrected chi connectivity index (χ0v) is 12.6. The summed E-state index contributed by atoms with van der Waals surface area (Å²) in [7, 11) is 1.38. The highest BCUT2D eigenvalue weighted by atomic mass is 16.5. The van der Waals surface area contributed by atoms with E-state index in [0.29, 0.717) is 17.9 Å². The fourth-order valence-electron chi connectivity index (χ4n) is 2.39. The highest BCUT2D eigenvalue weighted by molar-refractivity contribution is 5.90. The standard InChI is InChI=1S/C15H22N2O3/c1-5-15(3)10-17(8-9-20-15)13-7-6-12(11(2)16-13)14(18)19-4/h6-7H,5,8-10H2,1-4H3. The van der Waals surface area contributed by atoms with Gasteiger partial charge in [0, 0.05) is 13.1 Å². The molecule has 2 rings (SSSR count). The summed E-state index contributed by atoms with van der Waals surface area (Å²) in [5, 5.41) is 0. The van der Waals surface area contributed by atoms with Crippen molar-refractivity contribution in [1.29, 1.82) is 0 Å². The Kier molecular flexibility index (Phi) is 4.28. The number of carbonyl (C=O) groups excluding carboxylic acids is 1. The largest absolute Gasteiger partial charge is 0.465 e. The van der Waals surface area contributed by atoms with Crippen LogP contribution in [0.15, 0.2) is 12.1 Å². The highest BCUT2D eigenvalue weighted by Gasteiger charge is 2.31. The lowest BCUT2D eigenvalue weighted by molar-refractivity contribution is -0.0443. The summed E-state index contributed by atoms with van der Waals surface area (Å²) in [6.07, 6.45) is 0.961. The second-order valence-electron chi connectivity index (χ2n) is 5.37. The van der Waals surface area contributed by atoms with Gasteiger partial charge in [0.15, 0.2) is 0 Å². The molecule has 1 atom stereocenters. The number of ether oxygens (including phenoxy) is 2. The maximum Gasteiger partial charge on any atom is 0.339 e. The van der Waals surface area contributed by atoms with Crippen molar-refractivity contribution >= 4 is 11.8 Å². The lowest BCUT2D eigenvalue weighted by Crippen LogP contribution is -2.50. The first-order valence-corrected chi connectivity index (χ1v) is 6.94. The van der Waals surface area contributed by atoms with Crippen LogP contribution in [0.2, 0.25) is 0 Å². The molecule has 1 saturated heterocycles. The smallest absolute Gasteiger partial charge is 0.339 e. The predicted octanol–water partition coefficient (Wildman–Crippen LogP) is 2.18. The molecule has 0 aromatic carbocycles. The Bertz CT molecular complexity index is 504. The first-order chi connectivity index (χ1) is 9.49. The molecule has 0 amide bonds. The number of anilines is 1. The monoisotopic (exact) mass is 278 g/mol. The van der Waals surface area contributed by atoms with E-state index in [1.165, 1.54) is 7.11 Å². The first kappa shape index (κ1) is 14.8. The van der Waals surface area contributed by atoms with Crippen molar-refractivity contribution in [3.8, 4) is 0 Å². The third-order valence-corrected chi connectivity index (χ3v) is 3.89. The number of carbonyl (C=O) groups is 1. The number of aromatic nitrogens is 1. The van der Waals surface area contributed by atoms with Crippen LogP contribution in [-0.4, -0.2) is 43.4 Å². The van der Waals surface area contributed by atoms with Crippen molar-refractivity contribution < 1.29 is 14.3 Å². The summed E-state index contributed by atoms with van der Waals surface area (Å²) in [6.45, 7) is 8.41. The predicted molar refractivity (Wildman–Crippen MR) is 77.2 cm³/mol. The normalized spacial score (nSPS) is 22.7. The van der Waals surface area contributed by atoms with Crippen LogP contribution in [0, 0.1) is 6.92 Å². The highest BCUT2D eigenvalue weighted by Crippen LogP contribution is 2.25. The minimum absolute atomic E-state index is 0.130. The quantitative estimate of drug-likeness (QED) is 0.793. The lowest BCUT2D eigenvalue weighted by Gasteiger charge is -2.40. The van der Waals surface area contributed by atoms with Gasteiger partial charge in [-0.1, -0.05) is 6.92 Å². The Morgan fingerprint density at radius 3 is 2.90 bits per heavy atom. The summed E-state index contributed by atoms with van der Waals surface area (Å²) >= 11 is 0. The molecule has 0 radical (unpaired) electrons. The van der Waals surface area contributed by atoms with Crippen LogP contribution in [0.4, 0.5) is 5.82 Å². The van der Waals surface area contributed by atoms with Gasteiger partial charge in [0.1, 0.15) is 5.82 Å². The van der Waals surface area contributed by atoms with Crippen molar-refractivity contribution in [2.24, 2.45) is 0 Å². The fourth-order valence-corrected chi connectivity index (χ4v) is 2.39. The van der Waals surface area contributed by atoms with E-state index in [2.05, 4.69) is 23.7 Å². The van der Waals surface area contributed by atoms with Gasteiger partial charge in [0.05, 0.1) is 30.6 Å². The van der Waals surface area contributed by atoms with Crippen molar-refractivity contribution in [2.75, 3.05) is 31.7 Å². The SMILES string of the molecule is CCC1(C)CN(c2ccc(C(=O)OC)c(C)n2)CCO1. The third kappa shape index (κ3) is 2.93. The molecule has 20 heavy (non-hydrogen) atoms. The van der Waals surface area contributed by atoms with Crippen LogP contribution in [-0.2, 0) is 9.47 Å². The number of methoxy groups -OCH3 is 1. The van der Waals surface area contributed by atoms with Gasteiger partial charge in [0.2, 0.25) is 0 Å². The van der Waals surface area contributed by atoms with Crippen LogP contribution in [0.3, 0.4) is 0 Å². The lowest BCUT2D eigenvalue weighted by atomic mass is 10.0. The molecule has 2 heterocycles. The van der Waals surface area contributed by atoms with E-state index in [-0.39, 0.29) is 11.6 Å². The topological polar surface area (TPSA) is 51.7 Å². The molecule has 1 unspecified atom stereocenters. The van der Waals surface area contributed by atoms with Gasteiger partial charge in [-0.25, -0.2) is 9.78 Å². The van der Waals surface area contributed by atoms with Gasteiger partial charge in [-0.3, -0.25) is 0 Å². The van der Waals surface area contributed by atoms with Gasteiger partial charge in [-0.05, 0) is 32.4 Å². The van der Waals surface area contributed by atoms with Gasteiger partial charge in [-0.15, -0.1) is 0 Å². The van der Waals surface area contributed by atoms with Gasteiger partial charge >= 0.3 is 5.97 Å². The number of hydrogen-bond donors (Lipinski definition) is 0. The number of esters is 1. The molecule has 1 aromatic rings. The summed E-state index contributed by atoms with van der Waals surface area (Å²) in [4.78, 5) is 18.3. The summed E-state index contributed by atoms with van der Waals surface area (Å²) < 4.78 is 10.6. The second kappa shape index (κ2) is 5.79. The number of nitrogens with zero attached hydrogens (tertiary/aromatic N) is 2. The van der Waals surface area contributed by atoms with E-state index >= 15 is 0 Å². The first-order valence-electron chi connectivity index (χ1n) is 6.94. The Hall–Kier alpha value is -1.62. The molecule has 5 nitrogen and oxygen atoms in total. The average Bonchev–Trinajstić information content (AvgIpc) is 2.46. The molecule has 110 valence electrons. The van der Waals surface area contributed by atoms with E-state index in [9.17, 15) is 4.79 Å². The molecule has 1 aromatic heterocycles. The number of aryl methyl sites for hydroxylation is 1. The van der Waals surface area contributed by atoms with E-state index in [4.69, 9.17) is 9.47 Å². The van der Waals surface area contributed by atoms with E-state index < -0.39 is 0 Å². The zero-order valence-electron chi connectivity index (χ0n) is 12.6. The van der Waals surface area contributed by atoms with E-state index in [1.54, 1.807) is 6.07 Å². The summed E-state index contributed by atoms with van der Waals surface area (Å²) in [6, 6.07) is 3.66. The Morgan fingerprint density at radius 2 is 2.30 bits per heavy atom. The maximum atomic E-state index is 11.6. The minimum atomic E-state index is -0.345. The van der Waals surface area contributed by atoms with Gasteiger partial charge in [0.25, 0.3) is 0 Å². The van der Waals surface area contributed by atoms with E-state index in [1.807, 2.05) is 13.0 Å². The van der Waals surface area contributed by atoms with Crippen LogP contribution in [0.1, 0.15) is 36.3 Å². The molecule has 0 bridgehead atoms. The summed E-state index contributed by atoms with van der Waals surface area (Å²) in [5.74, 6) is 0.542. The number of morpholine rings is 1. The Balaban J connectivity index is 2.21. The number of pyridine rings is 1. The molecule has 0 saturated carbocycles. The van der Waals surface area contributed by atoms with E-state index in [0.717, 1.165) is 25.3 Å². The molecular formula is C15H22N2O3. The van der Waals surface area contributed by atoms with Gasteiger partial charge in [-0.2, -0.15) is 0 Å². The third-order valence-electron chi connectivity index (χ3n) is 3.89. The van der Waals surface area contributed by atoms with Crippen LogP contribution >= 0.6 is 0 Å². The Labute approximate surface area is 119 Å². The average molecular weight is 278 g/mol. The number of hydrogen-bond acceptors (Lipinski definition) is 5. The van der Waals surface area contributed by atoms with Gasteiger partial charge < -0.3 is 14.4 Å². The molecule has 0 N–H and O–H groups in total. The van der Waals surface area contributed by atoms with Crippen molar-refractivity contribution in [1.82, 2.24) is 4.98 Å². The Morgan fingerprint density at radius 1 is 1.55 bits per heavy atom. The molecule has 1 aliphatic heterocycles. The maximum absolute atomic E-state index is 11.6. The van der Waals surface area contributed by atoms with Crippen LogP contribution in [0.25, 0.3) is 0 Å². The molecule has 1 fully saturated rings. The zero-order chi connectivity index (χ0) is 14.8. The number of rotatable bonds is 3. The molecule has 0 spiro atoms. The minimum Gasteiger partial charge on any atom is -0.465 e. The molecule has 1 aliphatic rings. The van der Waals surface area contributed by atoms with Crippen molar-refractivity contribution in [2.45, 2.75) is 32.8 Å². The molecule has 0 aliphatic carbocycles. The fraction of sp³-hybridized carbons (Fsp3) is 0.600. The second-order valence-corrected chi connectivity index (χ2v) is 5.37.